The van der Waals surface area contributed by atoms with Crippen LogP contribution in [0.15, 0.2) is 30.3 Å². The van der Waals surface area contributed by atoms with Gasteiger partial charge in [-0.1, -0.05) is 12.1 Å². The summed E-state index contributed by atoms with van der Waals surface area (Å²) < 4.78 is 12.8. The summed E-state index contributed by atoms with van der Waals surface area (Å²) in [6, 6.07) is 7.96. The molecule has 0 unspecified atom stereocenters. The van der Waals surface area contributed by atoms with Gasteiger partial charge >= 0.3 is 0 Å². The molecule has 0 fully saturated rings. The van der Waals surface area contributed by atoms with Crippen LogP contribution in [0.3, 0.4) is 0 Å². The number of hydrogen-bond acceptors (Lipinski definition) is 4. The first kappa shape index (κ1) is 13.4. The van der Waals surface area contributed by atoms with Gasteiger partial charge in [-0.3, -0.25) is 4.79 Å². The van der Waals surface area contributed by atoms with Gasteiger partial charge in [-0.2, -0.15) is 0 Å². The number of amides is 1. The molecule has 1 aromatic heterocycles. The Labute approximate surface area is 114 Å². The van der Waals surface area contributed by atoms with Crippen LogP contribution in [-0.4, -0.2) is 13.0 Å². The van der Waals surface area contributed by atoms with Crippen LogP contribution in [0, 0.1) is 5.82 Å². The van der Waals surface area contributed by atoms with Gasteiger partial charge in [0.25, 0.3) is 5.91 Å². The molecule has 1 amide bonds. The number of anilines is 2. The highest BCUT2D eigenvalue weighted by Gasteiger charge is 2.12. The SMILES string of the molecule is CNC(=O)c1sc(NCc2ccc(F)cc2)cc1N. The summed E-state index contributed by atoms with van der Waals surface area (Å²) in [7, 11) is 1.56. The Kier molecular flexibility index (Phi) is 4.01. The third kappa shape index (κ3) is 3.23. The summed E-state index contributed by atoms with van der Waals surface area (Å²) in [6.45, 7) is 0.549. The summed E-state index contributed by atoms with van der Waals surface area (Å²) in [5.41, 5.74) is 7.17. The lowest BCUT2D eigenvalue weighted by atomic mass is 10.2. The van der Waals surface area contributed by atoms with Gasteiger partial charge in [0.2, 0.25) is 0 Å². The molecule has 4 N–H and O–H groups in total. The fourth-order valence-corrected chi connectivity index (χ4v) is 2.50. The van der Waals surface area contributed by atoms with Crippen molar-refractivity contribution in [2.75, 3.05) is 18.1 Å². The lowest BCUT2D eigenvalue weighted by Crippen LogP contribution is -2.17. The molecule has 0 bridgehead atoms. The standard InChI is InChI=1S/C13H14FN3OS/c1-16-13(18)12-10(15)6-11(19-12)17-7-8-2-4-9(14)5-3-8/h2-6,17H,7,15H2,1H3,(H,16,18). The summed E-state index contributed by atoms with van der Waals surface area (Å²) in [4.78, 5) is 12.0. The fraction of sp³-hybridized carbons (Fsp3) is 0.154. The Balaban J connectivity index is 2.04. The van der Waals surface area contributed by atoms with Crippen molar-refractivity contribution < 1.29 is 9.18 Å². The highest BCUT2D eigenvalue weighted by Crippen LogP contribution is 2.29. The number of hydrogen-bond donors (Lipinski definition) is 3. The number of carbonyl (C=O) groups excluding carboxylic acids is 1. The van der Waals surface area contributed by atoms with Crippen LogP contribution in [0.1, 0.15) is 15.2 Å². The van der Waals surface area contributed by atoms with Crippen molar-refractivity contribution in [2.24, 2.45) is 0 Å². The molecule has 4 nitrogen and oxygen atoms in total. The Morgan fingerprint density at radius 1 is 1.37 bits per heavy atom. The van der Waals surface area contributed by atoms with Gasteiger partial charge in [-0.05, 0) is 23.8 Å². The maximum Gasteiger partial charge on any atom is 0.263 e. The number of benzene rings is 1. The normalized spacial score (nSPS) is 10.2. The molecule has 100 valence electrons. The predicted octanol–water partition coefficient (Wildman–Crippen LogP) is 2.44. The first-order valence-electron chi connectivity index (χ1n) is 5.70. The van der Waals surface area contributed by atoms with Gasteiger partial charge in [-0.25, -0.2) is 4.39 Å². The van der Waals surface area contributed by atoms with Crippen LogP contribution >= 0.6 is 11.3 Å². The van der Waals surface area contributed by atoms with Gasteiger partial charge < -0.3 is 16.4 Å². The van der Waals surface area contributed by atoms with E-state index in [9.17, 15) is 9.18 Å². The van der Waals surface area contributed by atoms with Crippen LogP contribution in [0.4, 0.5) is 15.1 Å². The van der Waals surface area contributed by atoms with E-state index in [0.717, 1.165) is 10.6 Å². The van der Waals surface area contributed by atoms with E-state index in [4.69, 9.17) is 5.73 Å². The smallest absolute Gasteiger partial charge is 0.263 e. The average Bonchev–Trinajstić information content (AvgIpc) is 2.78. The van der Waals surface area contributed by atoms with E-state index in [1.807, 2.05) is 0 Å². The molecule has 0 aliphatic rings. The number of rotatable bonds is 4. The van der Waals surface area contributed by atoms with Gasteiger partial charge in [0, 0.05) is 13.6 Å². The van der Waals surface area contributed by atoms with Crippen LogP contribution < -0.4 is 16.4 Å². The minimum Gasteiger partial charge on any atom is -0.397 e. The van der Waals surface area contributed by atoms with Crippen LogP contribution in [-0.2, 0) is 6.54 Å². The van der Waals surface area contributed by atoms with Crippen LogP contribution in [0.2, 0.25) is 0 Å². The second-order valence-electron chi connectivity index (χ2n) is 3.95. The Morgan fingerprint density at radius 2 is 2.05 bits per heavy atom. The molecule has 1 heterocycles. The third-order valence-electron chi connectivity index (χ3n) is 2.57. The molecular weight excluding hydrogens is 265 g/mol. The monoisotopic (exact) mass is 279 g/mol. The summed E-state index contributed by atoms with van der Waals surface area (Å²) >= 11 is 1.29. The van der Waals surface area contributed by atoms with E-state index in [0.29, 0.717) is 17.1 Å². The van der Waals surface area contributed by atoms with Gasteiger partial charge in [0.05, 0.1) is 10.7 Å². The minimum absolute atomic E-state index is 0.197. The molecule has 2 rings (SSSR count). The second kappa shape index (κ2) is 5.71. The van der Waals surface area contributed by atoms with Gasteiger partial charge in [-0.15, -0.1) is 11.3 Å². The lowest BCUT2D eigenvalue weighted by Gasteiger charge is -2.03. The maximum atomic E-state index is 12.8. The number of halogens is 1. The lowest BCUT2D eigenvalue weighted by molar-refractivity contribution is 0.0968. The van der Waals surface area contributed by atoms with E-state index in [1.165, 1.54) is 23.5 Å². The Bertz CT molecular complexity index is 580. The zero-order valence-electron chi connectivity index (χ0n) is 10.4. The van der Waals surface area contributed by atoms with Crippen molar-refractivity contribution in [1.82, 2.24) is 5.32 Å². The van der Waals surface area contributed by atoms with Crippen molar-refractivity contribution in [2.45, 2.75) is 6.54 Å². The molecule has 6 heteroatoms. The molecule has 2 aromatic rings. The molecule has 0 radical (unpaired) electrons. The predicted molar refractivity (Wildman–Crippen MR) is 75.8 cm³/mol. The van der Waals surface area contributed by atoms with E-state index < -0.39 is 0 Å². The maximum absolute atomic E-state index is 12.8. The summed E-state index contributed by atoms with van der Waals surface area (Å²) in [5, 5.41) is 6.50. The highest BCUT2D eigenvalue weighted by atomic mass is 32.1. The zero-order valence-corrected chi connectivity index (χ0v) is 11.2. The molecule has 0 saturated heterocycles. The van der Waals surface area contributed by atoms with E-state index >= 15 is 0 Å². The number of nitrogens with two attached hydrogens (primary N) is 1. The Morgan fingerprint density at radius 3 is 2.68 bits per heavy atom. The first-order chi connectivity index (χ1) is 9.10. The van der Waals surface area contributed by atoms with Crippen molar-refractivity contribution in [1.29, 1.82) is 0 Å². The summed E-state index contributed by atoms with van der Waals surface area (Å²) in [6.07, 6.45) is 0. The minimum atomic E-state index is -0.258. The van der Waals surface area contributed by atoms with Gasteiger partial charge in [0.15, 0.2) is 0 Å². The number of nitrogens with one attached hydrogen (secondary N) is 2. The van der Waals surface area contributed by atoms with E-state index in [1.54, 1.807) is 25.2 Å². The molecular formula is C13H14FN3OS. The molecule has 0 saturated carbocycles. The van der Waals surface area contributed by atoms with Crippen molar-refractivity contribution in [3.8, 4) is 0 Å². The van der Waals surface area contributed by atoms with E-state index in [2.05, 4.69) is 10.6 Å². The number of nitrogen functional groups attached to an aromatic ring is 1. The second-order valence-corrected chi connectivity index (χ2v) is 5.01. The number of thiophene rings is 1. The van der Waals surface area contributed by atoms with Crippen LogP contribution in [0.5, 0.6) is 0 Å². The molecule has 0 spiro atoms. The number of carbonyl (C=O) groups is 1. The molecule has 1 aromatic carbocycles. The van der Waals surface area contributed by atoms with Crippen molar-refractivity contribution in [3.63, 3.8) is 0 Å². The Hall–Kier alpha value is -2.08. The molecule has 0 aliphatic heterocycles. The molecule has 19 heavy (non-hydrogen) atoms. The van der Waals surface area contributed by atoms with Crippen molar-refractivity contribution >= 4 is 27.9 Å². The van der Waals surface area contributed by atoms with Crippen LogP contribution in [0.25, 0.3) is 0 Å². The fourth-order valence-electron chi connectivity index (χ4n) is 1.57. The largest absolute Gasteiger partial charge is 0.397 e. The van der Waals surface area contributed by atoms with Crippen molar-refractivity contribution in [3.05, 3.63) is 46.6 Å². The molecule has 0 aliphatic carbocycles. The third-order valence-corrected chi connectivity index (χ3v) is 3.68. The molecule has 0 atom stereocenters. The first-order valence-corrected chi connectivity index (χ1v) is 6.51. The van der Waals surface area contributed by atoms with Gasteiger partial charge in [0.1, 0.15) is 10.7 Å². The summed E-state index contributed by atoms with van der Waals surface area (Å²) in [5.74, 6) is -0.455. The zero-order chi connectivity index (χ0) is 13.8. The quantitative estimate of drug-likeness (QED) is 0.805. The average molecular weight is 279 g/mol. The van der Waals surface area contributed by atoms with E-state index in [-0.39, 0.29) is 11.7 Å². The highest BCUT2D eigenvalue weighted by molar-refractivity contribution is 7.18. The topological polar surface area (TPSA) is 67.2 Å².